The summed E-state index contributed by atoms with van der Waals surface area (Å²) in [5.41, 5.74) is 0. The molecule has 1 N–H and O–H groups in total. The van der Waals surface area contributed by atoms with Crippen LogP contribution in [-0.4, -0.2) is 58.0 Å². The van der Waals surface area contributed by atoms with E-state index in [1.807, 2.05) is 7.05 Å². The Morgan fingerprint density at radius 2 is 2.04 bits per heavy atom. The number of aromatic nitrogens is 3. The number of aliphatic imine (C=N–C) groups is 1. The molecule has 23 heavy (non-hydrogen) atoms. The van der Waals surface area contributed by atoms with Crippen molar-refractivity contribution in [3.8, 4) is 0 Å². The zero-order chi connectivity index (χ0) is 15.4. The van der Waals surface area contributed by atoms with Gasteiger partial charge in [-0.05, 0) is 19.3 Å². The van der Waals surface area contributed by atoms with Crippen molar-refractivity contribution < 1.29 is 4.74 Å². The quantitative estimate of drug-likeness (QED) is 0.632. The standard InChI is InChI=1S/C16H24N6O/c1-17-16(18-7-15-20-19-14-3-2-6-22(14)15)21-8-10-11(9-21)13-5-4-12(10)23-13/h10-13H,2-9H2,1H3,(H,17,18). The van der Waals surface area contributed by atoms with Crippen molar-refractivity contribution in [1.29, 1.82) is 0 Å². The molecule has 4 atom stereocenters. The van der Waals surface area contributed by atoms with Gasteiger partial charge < -0.3 is 19.5 Å². The first-order valence-corrected chi connectivity index (χ1v) is 8.85. The predicted molar refractivity (Wildman–Crippen MR) is 85.0 cm³/mol. The molecule has 124 valence electrons. The van der Waals surface area contributed by atoms with Crippen molar-refractivity contribution in [1.82, 2.24) is 25.0 Å². The molecule has 0 aliphatic carbocycles. The highest BCUT2D eigenvalue weighted by Gasteiger charge is 2.53. The van der Waals surface area contributed by atoms with Gasteiger partial charge in [0.1, 0.15) is 5.82 Å². The molecule has 0 saturated carbocycles. The Bertz CT molecular complexity index is 623. The third-order valence-corrected chi connectivity index (χ3v) is 6.05. The number of hydrogen-bond acceptors (Lipinski definition) is 4. The molecule has 2 bridgehead atoms. The van der Waals surface area contributed by atoms with Crippen molar-refractivity contribution in [3.05, 3.63) is 11.6 Å². The van der Waals surface area contributed by atoms with Crippen molar-refractivity contribution in [2.45, 2.75) is 51.0 Å². The van der Waals surface area contributed by atoms with Crippen molar-refractivity contribution in [2.75, 3.05) is 20.1 Å². The SMILES string of the molecule is CN=C(NCc1nnc2n1CCC2)N1CC2C3CCC(O3)C2C1. The predicted octanol–water partition coefficient (Wildman–Crippen LogP) is 0.409. The van der Waals surface area contributed by atoms with Crippen LogP contribution in [0.4, 0.5) is 0 Å². The molecule has 0 radical (unpaired) electrons. The number of ether oxygens (including phenoxy) is 1. The average molecular weight is 316 g/mol. The molecule has 0 amide bonds. The molecule has 4 aliphatic rings. The van der Waals surface area contributed by atoms with Crippen LogP contribution in [0.2, 0.25) is 0 Å². The molecule has 1 aromatic heterocycles. The van der Waals surface area contributed by atoms with Gasteiger partial charge in [0.05, 0.1) is 18.8 Å². The van der Waals surface area contributed by atoms with Gasteiger partial charge in [0.15, 0.2) is 11.8 Å². The van der Waals surface area contributed by atoms with E-state index in [0.717, 1.165) is 43.7 Å². The molecule has 5 rings (SSSR count). The molecule has 3 saturated heterocycles. The third kappa shape index (κ3) is 2.09. The fourth-order valence-corrected chi connectivity index (χ4v) is 4.96. The van der Waals surface area contributed by atoms with Gasteiger partial charge >= 0.3 is 0 Å². The van der Waals surface area contributed by atoms with Crippen LogP contribution in [0, 0.1) is 11.8 Å². The minimum absolute atomic E-state index is 0.493. The normalized spacial score (nSPS) is 35.0. The van der Waals surface area contributed by atoms with Gasteiger partial charge in [-0.1, -0.05) is 0 Å². The zero-order valence-corrected chi connectivity index (χ0v) is 13.6. The molecule has 1 aromatic rings. The van der Waals surface area contributed by atoms with E-state index in [-0.39, 0.29) is 0 Å². The molecule has 0 aromatic carbocycles. The van der Waals surface area contributed by atoms with Gasteiger partial charge in [-0.25, -0.2) is 0 Å². The first kappa shape index (κ1) is 13.8. The molecular formula is C16H24N6O. The van der Waals surface area contributed by atoms with Gasteiger partial charge in [-0.3, -0.25) is 4.99 Å². The zero-order valence-electron chi connectivity index (χ0n) is 13.6. The molecule has 7 heteroatoms. The molecule has 3 fully saturated rings. The van der Waals surface area contributed by atoms with E-state index in [9.17, 15) is 0 Å². The smallest absolute Gasteiger partial charge is 0.194 e. The third-order valence-electron chi connectivity index (χ3n) is 6.05. The number of likely N-dealkylation sites (tertiary alicyclic amines) is 1. The van der Waals surface area contributed by atoms with Crippen molar-refractivity contribution >= 4 is 5.96 Å². The molecule has 4 aliphatic heterocycles. The molecule has 0 spiro atoms. The fourth-order valence-electron chi connectivity index (χ4n) is 4.96. The van der Waals surface area contributed by atoms with Crippen molar-refractivity contribution in [2.24, 2.45) is 16.8 Å². The summed E-state index contributed by atoms with van der Waals surface area (Å²) in [7, 11) is 1.87. The summed E-state index contributed by atoms with van der Waals surface area (Å²) >= 11 is 0. The van der Waals surface area contributed by atoms with Gasteiger partial charge in [0.2, 0.25) is 0 Å². The Morgan fingerprint density at radius 1 is 1.26 bits per heavy atom. The Labute approximate surface area is 136 Å². The van der Waals surface area contributed by atoms with Crippen LogP contribution in [0.1, 0.15) is 30.9 Å². The summed E-state index contributed by atoms with van der Waals surface area (Å²) in [5, 5.41) is 12.1. The number of aryl methyl sites for hydroxylation is 1. The van der Waals surface area contributed by atoms with Crippen LogP contribution < -0.4 is 5.32 Å². The lowest BCUT2D eigenvalue weighted by atomic mass is 9.82. The van der Waals surface area contributed by atoms with Gasteiger partial charge in [-0.2, -0.15) is 0 Å². The van der Waals surface area contributed by atoms with Crippen molar-refractivity contribution in [3.63, 3.8) is 0 Å². The summed E-state index contributed by atoms with van der Waals surface area (Å²) in [6, 6.07) is 0. The molecular weight excluding hydrogens is 292 g/mol. The van der Waals surface area contributed by atoms with Gasteiger partial charge in [-0.15, -0.1) is 10.2 Å². The van der Waals surface area contributed by atoms with Crippen LogP contribution >= 0.6 is 0 Å². The maximum atomic E-state index is 6.06. The van der Waals surface area contributed by atoms with Crippen LogP contribution in [0.25, 0.3) is 0 Å². The van der Waals surface area contributed by atoms with Crippen LogP contribution in [0.5, 0.6) is 0 Å². The Balaban J connectivity index is 1.25. The van der Waals surface area contributed by atoms with Crippen LogP contribution in [-0.2, 0) is 24.2 Å². The summed E-state index contributed by atoms with van der Waals surface area (Å²) in [6.45, 7) is 3.90. The van der Waals surface area contributed by atoms with E-state index in [4.69, 9.17) is 4.74 Å². The number of nitrogens with one attached hydrogen (secondary N) is 1. The minimum atomic E-state index is 0.493. The first-order valence-electron chi connectivity index (χ1n) is 8.85. The van der Waals surface area contributed by atoms with E-state index >= 15 is 0 Å². The van der Waals surface area contributed by atoms with Crippen LogP contribution in [0.15, 0.2) is 4.99 Å². The lowest BCUT2D eigenvalue weighted by Crippen LogP contribution is -2.41. The van der Waals surface area contributed by atoms with Gasteiger partial charge in [0.25, 0.3) is 0 Å². The second-order valence-corrected chi connectivity index (χ2v) is 7.21. The maximum Gasteiger partial charge on any atom is 0.194 e. The van der Waals surface area contributed by atoms with E-state index in [1.165, 1.54) is 19.3 Å². The number of rotatable bonds is 2. The Morgan fingerprint density at radius 3 is 2.78 bits per heavy atom. The monoisotopic (exact) mass is 316 g/mol. The number of guanidine groups is 1. The van der Waals surface area contributed by atoms with E-state index in [1.54, 1.807) is 0 Å². The summed E-state index contributed by atoms with van der Waals surface area (Å²) < 4.78 is 8.30. The fraction of sp³-hybridized carbons (Fsp3) is 0.812. The molecule has 7 nitrogen and oxygen atoms in total. The van der Waals surface area contributed by atoms with Crippen LogP contribution in [0.3, 0.4) is 0 Å². The summed E-state index contributed by atoms with van der Waals surface area (Å²) in [5.74, 6) is 4.55. The highest BCUT2D eigenvalue weighted by Crippen LogP contribution is 2.47. The number of nitrogens with zero attached hydrogens (tertiary/aromatic N) is 5. The highest BCUT2D eigenvalue weighted by molar-refractivity contribution is 5.80. The lowest BCUT2D eigenvalue weighted by molar-refractivity contribution is 0.0767. The number of hydrogen-bond donors (Lipinski definition) is 1. The Kier molecular flexibility index (Phi) is 3.11. The topological polar surface area (TPSA) is 67.6 Å². The minimum Gasteiger partial charge on any atom is -0.374 e. The largest absolute Gasteiger partial charge is 0.374 e. The second kappa shape index (κ2) is 5.19. The second-order valence-electron chi connectivity index (χ2n) is 7.21. The maximum absolute atomic E-state index is 6.06. The van der Waals surface area contributed by atoms with E-state index in [0.29, 0.717) is 30.6 Å². The van der Waals surface area contributed by atoms with E-state index < -0.39 is 0 Å². The Hall–Kier alpha value is -1.63. The number of fused-ring (bicyclic) bond motifs is 6. The lowest BCUT2D eigenvalue weighted by Gasteiger charge is -2.23. The molecule has 5 heterocycles. The first-order chi connectivity index (χ1) is 11.3. The average Bonchev–Trinajstić information content (AvgIpc) is 3.33. The summed E-state index contributed by atoms with van der Waals surface area (Å²) in [4.78, 5) is 6.90. The summed E-state index contributed by atoms with van der Waals surface area (Å²) in [6.07, 6.45) is 5.72. The molecule has 4 unspecified atom stereocenters. The van der Waals surface area contributed by atoms with E-state index in [2.05, 4.69) is 30.0 Å². The highest BCUT2D eigenvalue weighted by atomic mass is 16.5. The van der Waals surface area contributed by atoms with Gasteiger partial charge in [0, 0.05) is 44.9 Å².